The lowest BCUT2D eigenvalue weighted by atomic mass is 10.1. The van der Waals surface area contributed by atoms with Crippen molar-refractivity contribution in [2.45, 2.75) is 23.5 Å². The van der Waals surface area contributed by atoms with Crippen molar-refractivity contribution in [3.05, 3.63) is 59.1 Å². The van der Waals surface area contributed by atoms with Crippen molar-refractivity contribution in [3.8, 4) is 23.1 Å². The lowest BCUT2D eigenvalue weighted by Crippen LogP contribution is -2.07. The van der Waals surface area contributed by atoms with Crippen LogP contribution in [0.3, 0.4) is 0 Å². The molecule has 2 aromatic carbocycles. The Morgan fingerprint density at radius 2 is 1.89 bits per heavy atom. The van der Waals surface area contributed by atoms with Gasteiger partial charge in [0.05, 0.1) is 27.6 Å². The molecule has 0 radical (unpaired) electrons. The number of thioether (sulfide) groups is 1. The molecule has 0 aliphatic rings. The fraction of sp³-hybridized carbons (Fsp3) is 0.167. The van der Waals surface area contributed by atoms with Gasteiger partial charge in [0.15, 0.2) is 11.0 Å². The summed E-state index contributed by atoms with van der Waals surface area (Å²) < 4.78 is 40.9. The van der Waals surface area contributed by atoms with Gasteiger partial charge in [-0.3, -0.25) is 4.57 Å². The molecule has 0 saturated carbocycles. The third-order valence-electron chi connectivity index (χ3n) is 3.64. The monoisotopic (exact) mass is 408 g/mol. The van der Waals surface area contributed by atoms with Crippen LogP contribution in [0.4, 0.5) is 13.2 Å². The summed E-state index contributed by atoms with van der Waals surface area (Å²) in [4.78, 5) is 0. The van der Waals surface area contributed by atoms with Crippen LogP contribution in [0.5, 0.6) is 0 Å². The highest BCUT2D eigenvalue weighted by Crippen LogP contribution is 2.35. The van der Waals surface area contributed by atoms with Gasteiger partial charge in [0, 0.05) is 5.56 Å². The fourth-order valence-corrected chi connectivity index (χ4v) is 3.38. The molecule has 0 unspecified atom stereocenters. The SMILES string of the molecule is C[C@H](C#N)Sc1nnc(-c2ccccc2Cl)n1-c1cccc(C(F)(F)F)c1. The van der Waals surface area contributed by atoms with Gasteiger partial charge >= 0.3 is 6.18 Å². The lowest BCUT2D eigenvalue weighted by Gasteiger charge is -2.14. The van der Waals surface area contributed by atoms with Crippen molar-refractivity contribution in [3.63, 3.8) is 0 Å². The molecular formula is C18H12ClF3N4S. The molecule has 0 spiro atoms. The first kappa shape index (κ1) is 19.3. The van der Waals surface area contributed by atoms with Gasteiger partial charge in [-0.1, -0.05) is 41.6 Å². The molecule has 9 heteroatoms. The average Bonchev–Trinajstić information content (AvgIpc) is 3.04. The van der Waals surface area contributed by atoms with Gasteiger partial charge in [-0.2, -0.15) is 18.4 Å². The maximum Gasteiger partial charge on any atom is 0.416 e. The van der Waals surface area contributed by atoms with E-state index in [1.807, 2.05) is 0 Å². The van der Waals surface area contributed by atoms with Gasteiger partial charge in [-0.25, -0.2) is 0 Å². The summed E-state index contributed by atoms with van der Waals surface area (Å²) in [6.45, 7) is 1.67. The van der Waals surface area contributed by atoms with Crippen LogP contribution in [0.1, 0.15) is 12.5 Å². The second kappa shape index (κ2) is 7.62. The molecule has 1 aromatic heterocycles. The second-order valence-electron chi connectivity index (χ2n) is 5.56. The molecule has 0 aliphatic heterocycles. The van der Waals surface area contributed by atoms with Crippen LogP contribution in [0.2, 0.25) is 5.02 Å². The van der Waals surface area contributed by atoms with Crippen molar-refractivity contribution >= 4 is 23.4 Å². The molecule has 3 aromatic rings. The van der Waals surface area contributed by atoms with Crippen molar-refractivity contribution in [2.75, 3.05) is 0 Å². The third kappa shape index (κ3) is 4.10. The van der Waals surface area contributed by atoms with E-state index in [4.69, 9.17) is 16.9 Å². The Kier molecular flexibility index (Phi) is 5.44. The van der Waals surface area contributed by atoms with Crippen LogP contribution < -0.4 is 0 Å². The lowest BCUT2D eigenvalue weighted by molar-refractivity contribution is -0.137. The van der Waals surface area contributed by atoms with Gasteiger partial charge in [0.1, 0.15) is 0 Å². The second-order valence-corrected chi connectivity index (χ2v) is 7.27. The minimum Gasteiger partial charge on any atom is -0.270 e. The summed E-state index contributed by atoms with van der Waals surface area (Å²) in [5, 5.41) is 17.5. The van der Waals surface area contributed by atoms with Crippen molar-refractivity contribution in [1.82, 2.24) is 14.8 Å². The number of nitriles is 1. The van der Waals surface area contributed by atoms with Crippen molar-refractivity contribution in [2.24, 2.45) is 0 Å². The van der Waals surface area contributed by atoms with Crippen LogP contribution in [-0.4, -0.2) is 20.0 Å². The summed E-state index contributed by atoms with van der Waals surface area (Å²) in [5.41, 5.74) is -0.0268. The van der Waals surface area contributed by atoms with Gasteiger partial charge < -0.3 is 0 Å². The number of aromatic nitrogens is 3. The summed E-state index contributed by atoms with van der Waals surface area (Å²) in [6.07, 6.45) is -4.48. The van der Waals surface area contributed by atoms with E-state index in [1.54, 1.807) is 31.2 Å². The van der Waals surface area contributed by atoms with Crippen LogP contribution in [0.25, 0.3) is 17.1 Å². The number of benzene rings is 2. The van der Waals surface area contributed by atoms with Crippen LogP contribution in [-0.2, 0) is 6.18 Å². The van der Waals surface area contributed by atoms with E-state index in [1.165, 1.54) is 16.7 Å². The molecule has 138 valence electrons. The molecule has 0 amide bonds. The van der Waals surface area contributed by atoms with E-state index in [0.717, 1.165) is 23.9 Å². The van der Waals surface area contributed by atoms with E-state index in [2.05, 4.69) is 16.3 Å². The number of hydrogen-bond acceptors (Lipinski definition) is 4. The first-order valence-electron chi connectivity index (χ1n) is 7.75. The molecule has 0 fully saturated rings. The van der Waals surface area contributed by atoms with E-state index in [0.29, 0.717) is 21.6 Å². The minimum absolute atomic E-state index is 0.234. The minimum atomic E-state index is -4.48. The largest absolute Gasteiger partial charge is 0.416 e. The maximum atomic E-state index is 13.2. The zero-order chi connectivity index (χ0) is 19.6. The van der Waals surface area contributed by atoms with E-state index in [-0.39, 0.29) is 5.69 Å². The van der Waals surface area contributed by atoms with E-state index >= 15 is 0 Å². The molecule has 0 aliphatic carbocycles. The van der Waals surface area contributed by atoms with Crippen LogP contribution >= 0.6 is 23.4 Å². The molecule has 3 rings (SSSR count). The Balaban J connectivity index is 2.22. The summed E-state index contributed by atoms with van der Waals surface area (Å²) in [6, 6.07) is 13.8. The Labute approximate surface area is 162 Å². The predicted octanol–water partition coefficient (Wildman–Crippen LogP) is 5.61. The van der Waals surface area contributed by atoms with E-state index in [9.17, 15) is 13.2 Å². The molecule has 1 atom stereocenters. The Morgan fingerprint density at radius 3 is 2.56 bits per heavy atom. The molecule has 0 N–H and O–H groups in total. The molecule has 4 nitrogen and oxygen atoms in total. The summed E-state index contributed by atoms with van der Waals surface area (Å²) in [7, 11) is 0. The zero-order valence-corrected chi connectivity index (χ0v) is 15.5. The summed E-state index contributed by atoms with van der Waals surface area (Å²) >= 11 is 7.35. The van der Waals surface area contributed by atoms with Gasteiger partial charge in [-0.05, 0) is 37.3 Å². The standard InChI is InChI=1S/C18H12ClF3N4S/c1-11(10-23)27-17-25-24-16(14-7-2-3-8-15(14)19)26(17)13-6-4-5-12(9-13)18(20,21)22/h2-9,11H,1H3/t11-/m1/s1. The number of rotatable bonds is 4. The normalized spacial score (nSPS) is 12.6. The summed E-state index contributed by atoms with van der Waals surface area (Å²) in [5.74, 6) is 0.299. The van der Waals surface area contributed by atoms with E-state index < -0.39 is 17.0 Å². The predicted molar refractivity (Wildman–Crippen MR) is 97.7 cm³/mol. The molecule has 1 heterocycles. The number of hydrogen-bond donors (Lipinski definition) is 0. The van der Waals surface area contributed by atoms with Crippen LogP contribution in [0, 0.1) is 11.3 Å². The topological polar surface area (TPSA) is 54.5 Å². The highest BCUT2D eigenvalue weighted by atomic mass is 35.5. The average molecular weight is 409 g/mol. The highest BCUT2D eigenvalue weighted by molar-refractivity contribution is 8.00. The third-order valence-corrected chi connectivity index (χ3v) is 4.91. The molecular weight excluding hydrogens is 397 g/mol. The van der Waals surface area contributed by atoms with Gasteiger partial charge in [0.25, 0.3) is 0 Å². The Hall–Kier alpha value is -2.50. The fourth-order valence-electron chi connectivity index (χ4n) is 2.40. The quantitative estimate of drug-likeness (QED) is 0.526. The molecule has 0 saturated heterocycles. The Morgan fingerprint density at radius 1 is 1.15 bits per heavy atom. The zero-order valence-electron chi connectivity index (χ0n) is 13.9. The molecule has 27 heavy (non-hydrogen) atoms. The highest BCUT2D eigenvalue weighted by Gasteiger charge is 2.31. The first-order chi connectivity index (χ1) is 12.8. The number of alkyl halides is 3. The number of nitrogens with zero attached hydrogens (tertiary/aromatic N) is 4. The number of halogens is 4. The van der Waals surface area contributed by atoms with Crippen molar-refractivity contribution < 1.29 is 13.2 Å². The van der Waals surface area contributed by atoms with Crippen LogP contribution in [0.15, 0.2) is 53.7 Å². The molecule has 0 bridgehead atoms. The van der Waals surface area contributed by atoms with Gasteiger partial charge in [0.2, 0.25) is 0 Å². The van der Waals surface area contributed by atoms with Crippen molar-refractivity contribution in [1.29, 1.82) is 5.26 Å². The Bertz CT molecular complexity index is 1010. The maximum absolute atomic E-state index is 13.2. The first-order valence-corrected chi connectivity index (χ1v) is 9.01. The smallest absolute Gasteiger partial charge is 0.270 e. The van der Waals surface area contributed by atoms with Gasteiger partial charge in [-0.15, -0.1) is 10.2 Å².